The van der Waals surface area contributed by atoms with Crippen LogP contribution in [0.3, 0.4) is 0 Å². The van der Waals surface area contributed by atoms with Crippen LogP contribution < -0.4 is 0 Å². The van der Waals surface area contributed by atoms with Crippen molar-refractivity contribution in [1.29, 1.82) is 0 Å². The highest BCUT2D eigenvalue weighted by atomic mass is 19.1. The van der Waals surface area contributed by atoms with Crippen molar-refractivity contribution < 1.29 is 18.7 Å². The van der Waals surface area contributed by atoms with E-state index in [4.69, 9.17) is 14.5 Å². The number of urea groups is 1. The number of benzene rings is 1. The number of nitrogens with zero attached hydrogens (tertiary/aromatic N) is 6. The summed E-state index contributed by atoms with van der Waals surface area (Å²) in [6.07, 6.45) is 3.66. The standard InChI is InChI=1S/C29H37FN6O3/c1-19(39-16-13-35-11-7-22(30)8-12-35)25-5-4-21(18-31-25)20-3-6-26-24(17-20)27-28(33-32-26)34(2)29(37)36(27)23-9-14-38-15-10-23/h3-6,17-19,22-23,27-28H,7-16H2,1-2H3/t19-,27?,28?/m1/s1. The van der Waals surface area contributed by atoms with Crippen molar-refractivity contribution in [3.05, 3.63) is 47.8 Å². The number of likely N-dealkylation sites (tertiary alicyclic amines) is 1. The number of carbonyl (C=O) groups is 1. The van der Waals surface area contributed by atoms with Gasteiger partial charge in [-0.15, -0.1) is 0 Å². The molecule has 2 aromatic rings. The first-order chi connectivity index (χ1) is 19.0. The number of alkyl halides is 1. The number of pyridine rings is 1. The molecule has 2 unspecified atom stereocenters. The molecule has 5 heterocycles. The Morgan fingerprint density at radius 2 is 1.87 bits per heavy atom. The lowest BCUT2D eigenvalue weighted by Crippen LogP contribution is -2.43. The van der Waals surface area contributed by atoms with E-state index in [9.17, 15) is 9.18 Å². The summed E-state index contributed by atoms with van der Waals surface area (Å²) in [5.74, 6) is 0. The minimum Gasteiger partial charge on any atom is -0.381 e. The van der Waals surface area contributed by atoms with E-state index in [-0.39, 0.29) is 30.4 Å². The van der Waals surface area contributed by atoms with E-state index in [1.54, 1.807) is 4.90 Å². The van der Waals surface area contributed by atoms with E-state index in [1.165, 1.54) is 0 Å². The third-order valence-corrected chi connectivity index (χ3v) is 8.54. The van der Waals surface area contributed by atoms with Gasteiger partial charge >= 0.3 is 6.03 Å². The van der Waals surface area contributed by atoms with Gasteiger partial charge in [-0.25, -0.2) is 9.18 Å². The molecule has 208 valence electrons. The van der Waals surface area contributed by atoms with Gasteiger partial charge in [-0.05, 0) is 56.4 Å². The van der Waals surface area contributed by atoms with Crippen LogP contribution in [0.1, 0.15) is 56.0 Å². The number of carbonyl (C=O) groups excluding carboxylic acids is 1. The highest BCUT2D eigenvalue weighted by Crippen LogP contribution is 2.46. The molecule has 0 spiro atoms. The van der Waals surface area contributed by atoms with Crippen molar-refractivity contribution in [3.63, 3.8) is 0 Å². The zero-order chi connectivity index (χ0) is 26.9. The van der Waals surface area contributed by atoms with E-state index < -0.39 is 6.17 Å². The monoisotopic (exact) mass is 536 g/mol. The third kappa shape index (κ3) is 5.29. The van der Waals surface area contributed by atoms with Crippen LogP contribution in [0, 0.1) is 0 Å². The first-order valence-electron chi connectivity index (χ1n) is 14.1. The fourth-order valence-electron chi connectivity index (χ4n) is 6.14. The van der Waals surface area contributed by atoms with Crippen molar-refractivity contribution in [2.24, 2.45) is 10.2 Å². The van der Waals surface area contributed by atoms with Crippen LogP contribution in [0.25, 0.3) is 11.1 Å². The molecule has 3 saturated heterocycles. The molecule has 4 aliphatic heterocycles. The fraction of sp³-hybridized carbons (Fsp3) is 0.586. The summed E-state index contributed by atoms with van der Waals surface area (Å²) < 4.78 is 25.0. The highest BCUT2D eigenvalue weighted by Gasteiger charge is 2.50. The Balaban J connectivity index is 1.16. The van der Waals surface area contributed by atoms with Gasteiger partial charge < -0.3 is 24.2 Å². The molecule has 1 aromatic heterocycles. The Morgan fingerprint density at radius 1 is 1.10 bits per heavy atom. The Kier molecular flexibility index (Phi) is 7.59. The van der Waals surface area contributed by atoms with Gasteiger partial charge in [0, 0.05) is 63.3 Å². The summed E-state index contributed by atoms with van der Waals surface area (Å²) in [4.78, 5) is 24.0. The fourth-order valence-corrected chi connectivity index (χ4v) is 6.14. The second kappa shape index (κ2) is 11.3. The van der Waals surface area contributed by atoms with E-state index in [1.807, 2.05) is 43.3 Å². The molecule has 2 amide bonds. The van der Waals surface area contributed by atoms with Gasteiger partial charge in [0.15, 0.2) is 6.17 Å². The summed E-state index contributed by atoms with van der Waals surface area (Å²) in [5.41, 5.74) is 4.73. The summed E-state index contributed by atoms with van der Waals surface area (Å²) in [6, 6.07) is 10.2. The minimum atomic E-state index is -0.655. The normalized spacial score (nSPS) is 25.2. The predicted molar refractivity (Wildman–Crippen MR) is 144 cm³/mol. The lowest BCUT2D eigenvalue weighted by Gasteiger charge is -2.36. The number of azo groups is 1. The number of hydrogen-bond acceptors (Lipinski definition) is 7. The maximum Gasteiger partial charge on any atom is 0.322 e. The predicted octanol–water partition coefficient (Wildman–Crippen LogP) is 5.27. The molecule has 0 N–H and O–H groups in total. The number of likely N-dealkylation sites (N-methyl/N-ethyl adjacent to an activating group) is 1. The SMILES string of the molecule is C[C@@H](OCCN1CCC(F)CC1)c1ccc(-c2ccc3c(c2)C2C(N=N3)N(C)C(=O)N2C2CCOCC2)cn1. The third-order valence-electron chi connectivity index (χ3n) is 8.54. The maximum atomic E-state index is 13.4. The largest absolute Gasteiger partial charge is 0.381 e. The summed E-state index contributed by atoms with van der Waals surface area (Å²) in [6.45, 7) is 6.36. The van der Waals surface area contributed by atoms with Gasteiger partial charge in [-0.2, -0.15) is 10.2 Å². The first kappa shape index (κ1) is 26.3. The van der Waals surface area contributed by atoms with E-state index >= 15 is 0 Å². The second-order valence-corrected chi connectivity index (χ2v) is 11.0. The molecule has 0 saturated carbocycles. The molecule has 0 aliphatic carbocycles. The average molecular weight is 537 g/mol. The molecule has 39 heavy (non-hydrogen) atoms. The first-order valence-corrected chi connectivity index (χ1v) is 14.1. The lowest BCUT2D eigenvalue weighted by molar-refractivity contribution is 0.0363. The Hall–Kier alpha value is -2.95. The molecule has 0 radical (unpaired) electrons. The Labute approximate surface area is 229 Å². The average Bonchev–Trinajstić information content (AvgIpc) is 3.24. The van der Waals surface area contributed by atoms with Gasteiger partial charge in [-0.3, -0.25) is 4.98 Å². The van der Waals surface area contributed by atoms with Crippen LogP contribution in [0.2, 0.25) is 0 Å². The van der Waals surface area contributed by atoms with Crippen molar-refractivity contribution in [2.75, 3.05) is 46.5 Å². The van der Waals surface area contributed by atoms with Gasteiger partial charge in [0.2, 0.25) is 0 Å². The molecule has 1 aromatic carbocycles. The summed E-state index contributed by atoms with van der Waals surface area (Å²) in [5, 5.41) is 8.98. The summed E-state index contributed by atoms with van der Waals surface area (Å²) in [7, 11) is 1.81. The lowest BCUT2D eigenvalue weighted by atomic mass is 9.94. The number of hydrogen-bond donors (Lipinski definition) is 0. The minimum absolute atomic E-state index is 0.000931. The number of rotatable bonds is 7. The van der Waals surface area contributed by atoms with Crippen LogP contribution in [0.4, 0.5) is 14.9 Å². The van der Waals surface area contributed by atoms with Gasteiger partial charge in [-0.1, -0.05) is 12.1 Å². The second-order valence-electron chi connectivity index (χ2n) is 11.0. The molecule has 4 aliphatic rings. The highest BCUT2D eigenvalue weighted by molar-refractivity contribution is 5.80. The van der Waals surface area contributed by atoms with E-state index in [0.29, 0.717) is 32.7 Å². The number of fused-ring (bicyclic) bond motifs is 3. The van der Waals surface area contributed by atoms with Crippen LogP contribution in [-0.4, -0.2) is 90.6 Å². The Bertz CT molecular complexity index is 1200. The molecule has 3 atom stereocenters. The number of amides is 2. The van der Waals surface area contributed by atoms with Crippen LogP contribution in [0.5, 0.6) is 0 Å². The van der Waals surface area contributed by atoms with E-state index in [2.05, 4.69) is 27.3 Å². The number of halogens is 1. The number of piperidine rings is 1. The van der Waals surface area contributed by atoms with Crippen LogP contribution in [0.15, 0.2) is 46.8 Å². The van der Waals surface area contributed by atoms with Gasteiger partial charge in [0.05, 0.1) is 24.1 Å². The van der Waals surface area contributed by atoms with Crippen molar-refractivity contribution >= 4 is 11.7 Å². The van der Waals surface area contributed by atoms with Crippen LogP contribution in [-0.2, 0) is 9.47 Å². The molecule has 9 nitrogen and oxygen atoms in total. The topological polar surface area (TPSA) is 82.9 Å². The molecule has 10 heteroatoms. The molecule has 0 bridgehead atoms. The maximum absolute atomic E-state index is 13.4. The van der Waals surface area contributed by atoms with Gasteiger partial charge in [0.1, 0.15) is 12.2 Å². The molecular weight excluding hydrogens is 499 g/mol. The Morgan fingerprint density at radius 3 is 2.62 bits per heavy atom. The van der Waals surface area contributed by atoms with E-state index in [0.717, 1.165) is 60.5 Å². The van der Waals surface area contributed by atoms with Gasteiger partial charge in [0.25, 0.3) is 0 Å². The zero-order valence-corrected chi connectivity index (χ0v) is 22.7. The smallest absolute Gasteiger partial charge is 0.322 e. The molecular formula is C29H37FN6O3. The summed E-state index contributed by atoms with van der Waals surface area (Å²) >= 11 is 0. The molecule has 6 rings (SSSR count). The van der Waals surface area contributed by atoms with Crippen molar-refractivity contribution in [3.8, 4) is 11.1 Å². The quantitative estimate of drug-likeness (QED) is 0.481. The number of aromatic nitrogens is 1. The molecule has 3 fully saturated rings. The van der Waals surface area contributed by atoms with Crippen LogP contribution >= 0.6 is 0 Å². The van der Waals surface area contributed by atoms with Crippen molar-refractivity contribution in [2.45, 2.75) is 63.1 Å². The zero-order valence-electron chi connectivity index (χ0n) is 22.7. The number of ether oxygens (including phenoxy) is 2. The van der Waals surface area contributed by atoms with Crippen molar-refractivity contribution in [1.82, 2.24) is 19.7 Å².